The van der Waals surface area contributed by atoms with Gasteiger partial charge in [0.2, 0.25) is 5.91 Å². The van der Waals surface area contributed by atoms with Gasteiger partial charge in [-0.15, -0.1) is 11.8 Å². The second-order valence-corrected chi connectivity index (χ2v) is 8.75. The van der Waals surface area contributed by atoms with Gasteiger partial charge in [-0.3, -0.25) is 19.7 Å². The molecule has 2 heterocycles. The minimum Gasteiger partial charge on any atom is -0.484 e. The third-order valence-electron chi connectivity index (χ3n) is 5.33. The molecule has 2 saturated heterocycles. The molecule has 0 saturated carbocycles. The number of esters is 1. The first-order valence-electron chi connectivity index (χ1n) is 10.2. The van der Waals surface area contributed by atoms with Crippen LogP contribution in [-0.4, -0.2) is 57.4 Å². The zero-order valence-corrected chi connectivity index (χ0v) is 18.2. The molecule has 0 aromatic heterocycles. The van der Waals surface area contributed by atoms with Crippen molar-refractivity contribution >= 4 is 35.2 Å². The predicted molar refractivity (Wildman–Crippen MR) is 118 cm³/mol. The van der Waals surface area contributed by atoms with Crippen molar-refractivity contribution in [1.82, 2.24) is 10.2 Å². The minimum atomic E-state index is -0.743. The highest BCUT2D eigenvalue weighted by molar-refractivity contribution is 8.00. The van der Waals surface area contributed by atoms with Crippen LogP contribution in [0.3, 0.4) is 0 Å². The van der Waals surface area contributed by atoms with E-state index in [1.54, 1.807) is 24.3 Å². The van der Waals surface area contributed by atoms with Gasteiger partial charge in [-0.2, -0.15) is 0 Å². The molecule has 0 aliphatic carbocycles. The fourth-order valence-electron chi connectivity index (χ4n) is 3.69. The minimum absolute atomic E-state index is 0.0509. The summed E-state index contributed by atoms with van der Waals surface area (Å²) >= 11 is 1.47. The Morgan fingerprint density at radius 1 is 1.15 bits per heavy atom. The molecule has 4 rings (SSSR count). The van der Waals surface area contributed by atoms with Crippen LogP contribution in [0.5, 0.6) is 5.75 Å². The van der Waals surface area contributed by atoms with Crippen molar-refractivity contribution < 1.29 is 28.8 Å². The molecule has 2 aromatic rings. The van der Waals surface area contributed by atoms with Gasteiger partial charge in [0.1, 0.15) is 24.4 Å². The van der Waals surface area contributed by atoms with Gasteiger partial charge in [-0.1, -0.05) is 18.2 Å². The first kappa shape index (κ1) is 22.6. The van der Waals surface area contributed by atoms with Crippen molar-refractivity contribution in [2.24, 2.45) is 0 Å². The van der Waals surface area contributed by atoms with Crippen molar-refractivity contribution in [2.45, 2.75) is 30.5 Å². The Morgan fingerprint density at radius 2 is 1.88 bits per heavy atom. The highest BCUT2D eigenvalue weighted by Crippen LogP contribution is 2.38. The summed E-state index contributed by atoms with van der Waals surface area (Å²) in [5.41, 5.74) is 0.553. The third kappa shape index (κ3) is 5.25. The van der Waals surface area contributed by atoms with Crippen LogP contribution in [0.2, 0.25) is 0 Å². The second-order valence-electron chi connectivity index (χ2n) is 7.54. The molecule has 0 bridgehead atoms. The van der Waals surface area contributed by atoms with Crippen LogP contribution in [-0.2, 0) is 25.7 Å². The van der Waals surface area contributed by atoms with Gasteiger partial charge >= 0.3 is 5.97 Å². The fraction of sp³-hybridized carbons (Fsp3) is 0.318. The Morgan fingerprint density at radius 3 is 2.58 bits per heavy atom. The normalized spacial score (nSPS) is 21.4. The number of hydrogen-bond acceptors (Lipinski definition) is 8. The number of nitrogens with one attached hydrogen (secondary N) is 1. The highest BCUT2D eigenvalue weighted by atomic mass is 32.2. The molecule has 11 heteroatoms. The molecule has 2 fully saturated rings. The molecule has 0 spiro atoms. The zero-order chi connectivity index (χ0) is 23.4. The molecule has 0 radical (unpaired) electrons. The van der Waals surface area contributed by atoms with Crippen LogP contribution < -0.4 is 10.1 Å². The van der Waals surface area contributed by atoms with Gasteiger partial charge in [-0.05, 0) is 29.8 Å². The smallest absolute Gasteiger partial charge is 0.330 e. The Labute approximate surface area is 193 Å². The predicted octanol–water partition coefficient (Wildman–Crippen LogP) is 1.88. The van der Waals surface area contributed by atoms with E-state index in [1.165, 1.54) is 40.9 Å². The molecule has 0 unspecified atom stereocenters. The van der Waals surface area contributed by atoms with Crippen LogP contribution in [0, 0.1) is 10.1 Å². The Bertz CT molecular complexity index is 1050. The van der Waals surface area contributed by atoms with Crippen LogP contribution in [0.1, 0.15) is 12.0 Å². The fourth-order valence-corrected chi connectivity index (χ4v) is 5.13. The number of carbonyl (C=O) groups is 3. The monoisotopic (exact) mass is 471 g/mol. The van der Waals surface area contributed by atoms with Crippen molar-refractivity contribution in [3.05, 3.63) is 70.3 Å². The average Bonchev–Trinajstić information content (AvgIpc) is 3.37. The van der Waals surface area contributed by atoms with Gasteiger partial charge in [0.25, 0.3) is 11.6 Å². The quantitative estimate of drug-likeness (QED) is 0.351. The molecular formula is C22H21N3O7S. The molecule has 2 aliphatic rings. The number of fused-ring (bicyclic) bond motifs is 1. The summed E-state index contributed by atoms with van der Waals surface area (Å²) in [5, 5.41) is 13.2. The number of rotatable bonds is 8. The maximum absolute atomic E-state index is 12.9. The van der Waals surface area contributed by atoms with Crippen molar-refractivity contribution in [2.75, 3.05) is 12.4 Å². The number of non-ortho nitro benzene ring substituents is 1. The lowest BCUT2D eigenvalue weighted by Crippen LogP contribution is -2.48. The van der Waals surface area contributed by atoms with Crippen LogP contribution >= 0.6 is 11.8 Å². The summed E-state index contributed by atoms with van der Waals surface area (Å²) in [6.07, 6.45) is 0.396. The number of nitro benzene ring substituents is 1. The Balaban J connectivity index is 1.28. The zero-order valence-electron chi connectivity index (χ0n) is 17.4. The molecule has 10 nitrogen and oxygen atoms in total. The molecule has 172 valence electrons. The molecule has 3 atom stereocenters. The first-order valence-corrected chi connectivity index (χ1v) is 11.3. The number of para-hydroxylation sites is 1. The van der Waals surface area contributed by atoms with E-state index in [2.05, 4.69) is 5.32 Å². The topological polar surface area (TPSA) is 128 Å². The van der Waals surface area contributed by atoms with E-state index >= 15 is 0 Å². The molecule has 1 N–H and O–H groups in total. The van der Waals surface area contributed by atoms with Crippen molar-refractivity contribution in [3.63, 3.8) is 0 Å². The van der Waals surface area contributed by atoms with E-state index in [0.29, 0.717) is 23.5 Å². The number of nitro groups is 1. The number of carbonyl (C=O) groups excluding carboxylic acids is 3. The number of amides is 2. The standard InChI is InChI=1S/C22H21N3O7S/c26-19(12-31-16-4-2-1-3-5-16)23-17-10-20-24(21(17)27)18(13-33-20)22(28)32-11-14-6-8-15(9-7-14)25(29)30/h1-9,17-18,20H,10-13H2,(H,23,26)/t17-,18+,20+/m0/s1. The Hall–Kier alpha value is -3.60. The molecule has 2 aromatic carbocycles. The van der Waals surface area contributed by atoms with Crippen LogP contribution in [0.4, 0.5) is 5.69 Å². The van der Waals surface area contributed by atoms with Gasteiger partial charge in [0.05, 0.1) is 10.3 Å². The lowest BCUT2D eigenvalue weighted by molar-refractivity contribution is -0.384. The largest absolute Gasteiger partial charge is 0.484 e. The van der Waals surface area contributed by atoms with E-state index in [4.69, 9.17) is 9.47 Å². The maximum Gasteiger partial charge on any atom is 0.330 e. The first-order chi connectivity index (χ1) is 15.9. The van der Waals surface area contributed by atoms with E-state index in [9.17, 15) is 24.5 Å². The van der Waals surface area contributed by atoms with Gasteiger partial charge < -0.3 is 19.7 Å². The number of thioether (sulfide) groups is 1. The lowest BCUT2D eigenvalue weighted by Gasteiger charge is -2.22. The summed E-state index contributed by atoms with van der Waals surface area (Å²) in [6, 6.07) is 13.1. The van der Waals surface area contributed by atoms with E-state index in [1.807, 2.05) is 6.07 Å². The molecule has 33 heavy (non-hydrogen) atoms. The molecule has 2 amide bonds. The van der Waals surface area contributed by atoms with E-state index < -0.39 is 28.9 Å². The van der Waals surface area contributed by atoms with Crippen molar-refractivity contribution in [3.8, 4) is 5.75 Å². The highest BCUT2D eigenvalue weighted by Gasteiger charge is 2.50. The number of hydrogen-bond donors (Lipinski definition) is 1. The van der Waals surface area contributed by atoms with Crippen LogP contribution in [0.15, 0.2) is 54.6 Å². The summed E-state index contributed by atoms with van der Waals surface area (Å²) < 4.78 is 10.8. The van der Waals surface area contributed by atoms with E-state index in [0.717, 1.165) is 0 Å². The van der Waals surface area contributed by atoms with Crippen molar-refractivity contribution in [1.29, 1.82) is 0 Å². The summed E-state index contributed by atoms with van der Waals surface area (Å²) in [6.45, 7) is -0.270. The number of benzene rings is 2. The van der Waals surface area contributed by atoms with E-state index in [-0.39, 0.29) is 30.2 Å². The van der Waals surface area contributed by atoms with Crippen LogP contribution in [0.25, 0.3) is 0 Å². The third-order valence-corrected chi connectivity index (χ3v) is 6.64. The molecular weight excluding hydrogens is 450 g/mol. The number of ether oxygens (including phenoxy) is 2. The van der Waals surface area contributed by atoms with Gasteiger partial charge in [0.15, 0.2) is 6.61 Å². The average molecular weight is 471 g/mol. The molecule has 2 aliphatic heterocycles. The Kier molecular flexibility index (Phi) is 6.78. The summed E-state index contributed by atoms with van der Waals surface area (Å²) in [5.74, 6) is -0.322. The summed E-state index contributed by atoms with van der Waals surface area (Å²) in [7, 11) is 0. The van der Waals surface area contributed by atoms with Gasteiger partial charge in [0, 0.05) is 24.3 Å². The SMILES string of the molecule is O=C(COc1ccccc1)N[C@H]1C[C@H]2SC[C@H](C(=O)OCc3ccc([N+](=O)[O-])cc3)N2C1=O. The summed E-state index contributed by atoms with van der Waals surface area (Å²) in [4.78, 5) is 49.4. The van der Waals surface area contributed by atoms with Gasteiger partial charge in [-0.25, -0.2) is 4.79 Å². The second kappa shape index (κ2) is 9.90. The number of nitrogens with zero attached hydrogens (tertiary/aromatic N) is 2. The maximum atomic E-state index is 12.9. The lowest BCUT2D eigenvalue weighted by atomic mass is 10.2.